The lowest BCUT2D eigenvalue weighted by atomic mass is 10.4. The molecule has 0 aromatic carbocycles. The summed E-state index contributed by atoms with van der Waals surface area (Å²) in [6.07, 6.45) is 0.532. The summed E-state index contributed by atoms with van der Waals surface area (Å²) in [4.78, 5) is 16.8. The summed E-state index contributed by atoms with van der Waals surface area (Å²) in [5.41, 5.74) is -0.484. The van der Waals surface area contributed by atoms with Crippen molar-refractivity contribution >= 4 is 7.60 Å². The van der Waals surface area contributed by atoms with Gasteiger partial charge < -0.3 is 9.79 Å². The van der Waals surface area contributed by atoms with Crippen molar-refractivity contribution < 1.29 is 14.4 Å². The Bertz CT molecular complexity index is 108. The lowest BCUT2D eigenvalue weighted by molar-refractivity contribution is 0.359. The normalized spacial score (nSPS) is 11.6. The molecular weight excluding hydrogens is 163 g/mol. The van der Waals surface area contributed by atoms with E-state index in [0.717, 1.165) is 0 Å². The number of hydrogen-bond acceptors (Lipinski definition) is 1. The van der Waals surface area contributed by atoms with Gasteiger partial charge in [0.1, 0.15) is 0 Å². The zero-order chi connectivity index (χ0) is 6.78. The van der Waals surface area contributed by atoms with E-state index in [2.05, 4.69) is 0 Å². The lowest BCUT2D eigenvalue weighted by Crippen LogP contribution is -1.99. The first kappa shape index (κ1) is 22.5. The van der Waals surface area contributed by atoms with Crippen LogP contribution in [0, 0.1) is 0 Å². The largest absolute Gasteiger partial charge is 0.328 e. The van der Waals surface area contributed by atoms with Gasteiger partial charge in [-0.15, -0.1) is 0 Å². The second-order valence-electron chi connectivity index (χ2n) is 1.85. The van der Waals surface area contributed by atoms with E-state index < -0.39 is 13.3 Å². The third-order valence-electron chi connectivity index (χ3n) is 1.17. The minimum absolute atomic E-state index is 0. The van der Waals surface area contributed by atoms with Gasteiger partial charge in [-0.1, -0.05) is 36.1 Å². The van der Waals surface area contributed by atoms with E-state index in [-0.39, 0.29) is 22.3 Å². The molecule has 0 heterocycles. The van der Waals surface area contributed by atoms with Crippen LogP contribution in [0.1, 0.15) is 42.5 Å². The van der Waals surface area contributed by atoms with Crippen LogP contribution < -0.4 is 0 Å². The summed E-state index contributed by atoms with van der Waals surface area (Å²) in [6, 6.07) is 0. The van der Waals surface area contributed by atoms with Crippen LogP contribution in [0.25, 0.3) is 0 Å². The van der Waals surface area contributed by atoms with Crippen molar-refractivity contribution in [3.05, 3.63) is 0 Å². The van der Waals surface area contributed by atoms with Gasteiger partial charge in [0.25, 0.3) is 0 Å². The Labute approximate surface area is 71.0 Å². The summed E-state index contributed by atoms with van der Waals surface area (Å²) in [5.74, 6) is 0. The molecule has 0 bridgehead atoms. The minimum atomic E-state index is -3.76. The molecule has 0 aromatic rings. The summed E-state index contributed by atoms with van der Waals surface area (Å²) in [5, 5.41) is 0. The first-order valence-corrected chi connectivity index (χ1v) is 4.22. The van der Waals surface area contributed by atoms with Gasteiger partial charge in [-0.3, -0.25) is 4.57 Å². The third kappa shape index (κ3) is 10.2. The standard InChI is InChI=1S/C4H11O3P.3CH4/c1-3-4(2)8(5,6)7;;;/h4H,3H2,1-2H3,(H2,5,6,7);3*1H4. The smallest absolute Gasteiger partial charge is 0.324 e. The topological polar surface area (TPSA) is 57.5 Å². The van der Waals surface area contributed by atoms with E-state index in [9.17, 15) is 4.57 Å². The van der Waals surface area contributed by atoms with Crippen LogP contribution in [0.3, 0.4) is 0 Å². The molecule has 74 valence electrons. The Morgan fingerprint density at radius 2 is 1.55 bits per heavy atom. The summed E-state index contributed by atoms with van der Waals surface area (Å²) in [7, 11) is -3.76. The molecule has 0 aliphatic carbocycles. The molecule has 0 aliphatic heterocycles. The van der Waals surface area contributed by atoms with Crippen molar-refractivity contribution in [1.29, 1.82) is 0 Å². The molecule has 0 radical (unpaired) electrons. The molecule has 0 saturated heterocycles. The monoisotopic (exact) mass is 186 g/mol. The Kier molecular flexibility index (Phi) is 16.8. The predicted octanol–water partition coefficient (Wildman–Crippen LogP) is 2.87. The maximum absolute atomic E-state index is 10.3. The number of hydrogen-bond donors (Lipinski definition) is 2. The van der Waals surface area contributed by atoms with E-state index in [1.165, 1.54) is 0 Å². The second-order valence-corrected chi connectivity index (χ2v) is 3.91. The highest BCUT2D eigenvalue weighted by Crippen LogP contribution is 2.42. The van der Waals surface area contributed by atoms with Gasteiger partial charge in [-0.05, 0) is 6.42 Å². The van der Waals surface area contributed by atoms with Gasteiger partial charge >= 0.3 is 7.60 Å². The van der Waals surface area contributed by atoms with Crippen molar-refractivity contribution in [2.45, 2.75) is 48.2 Å². The van der Waals surface area contributed by atoms with Crippen LogP contribution in [0.15, 0.2) is 0 Å². The van der Waals surface area contributed by atoms with Crippen molar-refractivity contribution in [3.63, 3.8) is 0 Å². The van der Waals surface area contributed by atoms with E-state index in [4.69, 9.17) is 9.79 Å². The van der Waals surface area contributed by atoms with Crippen molar-refractivity contribution in [2.75, 3.05) is 0 Å². The minimum Gasteiger partial charge on any atom is -0.324 e. The van der Waals surface area contributed by atoms with Gasteiger partial charge in [-0.25, -0.2) is 0 Å². The molecule has 2 N–H and O–H groups in total. The van der Waals surface area contributed by atoms with E-state index in [1.807, 2.05) is 0 Å². The van der Waals surface area contributed by atoms with Gasteiger partial charge in [0, 0.05) is 0 Å². The van der Waals surface area contributed by atoms with Crippen LogP contribution in [-0.2, 0) is 4.57 Å². The molecular formula is C7H23O3P. The molecule has 0 saturated carbocycles. The molecule has 1 atom stereocenters. The number of rotatable bonds is 2. The highest BCUT2D eigenvalue weighted by molar-refractivity contribution is 7.52. The van der Waals surface area contributed by atoms with Crippen molar-refractivity contribution in [2.24, 2.45) is 0 Å². The highest BCUT2D eigenvalue weighted by atomic mass is 31.2. The first-order chi connectivity index (χ1) is 3.48. The van der Waals surface area contributed by atoms with Crippen LogP contribution in [0.2, 0.25) is 0 Å². The van der Waals surface area contributed by atoms with Crippen molar-refractivity contribution in [1.82, 2.24) is 0 Å². The zero-order valence-electron chi connectivity index (χ0n) is 5.03. The second kappa shape index (κ2) is 8.25. The molecule has 3 nitrogen and oxygen atoms in total. The summed E-state index contributed by atoms with van der Waals surface area (Å²) >= 11 is 0. The van der Waals surface area contributed by atoms with Gasteiger partial charge in [0.2, 0.25) is 0 Å². The SMILES string of the molecule is C.C.C.CCC(C)P(=O)(O)O. The predicted molar refractivity (Wildman–Crippen MR) is 52.0 cm³/mol. The van der Waals surface area contributed by atoms with Crippen molar-refractivity contribution in [3.8, 4) is 0 Å². The molecule has 0 spiro atoms. The summed E-state index contributed by atoms with van der Waals surface area (Å²) in [6.45, 7) is 3.30. The summed E-state index contributed by atoms with van der Waals surface area (Å²) < 4.78 is 10.3. The average molecular weight is 186 g/mol. The fraction of sp³-hybridized carbons (Fsp3) is 1.00. The van der Waals surface area contributed by atoms with E-state index in [0.29, 0.717) is 6.42 Å². The Balaban J connectivity index is -0.0000000817. The van der Waals surface area contributed by atoms with Crippen LogP contribution in [-0.4, -0.2) is 15.4 Å². The maximum Gasteiger partial charge on any atom is 0.328 e. The van der Waals surface area contributed by atoms with E-state index >= 15 is 0 Å². The fourth-order valence-electron chi connectivity index (χ4n) is 0.238. The van der Waals surface area contributed by atoms with Crippen LogP contribution in [0.5, 0.6) is 0 Å². The maximum atomic E-state index is 10.3. The van der Waals surface area contributed by atoms with Crippen LogP contribution >= 0.6 is 7.60 Å². The Morgan fingerprint density at radius 1 is 1.27 bits per heavy atom. The van der Waals surface area contributed by atoms with Crippen LogP contribution in [0.4, 0.5) is 0 Å². The third-order valence-corrected chi connectivity index (χ3v) is 2.68. The fourth-order valence-corrected chi connectivity index (χ4v) is 0.714. The van der Waals surface area contributed by atoms with Gasteiger partial charge in [0.05, 0.1) is 5.66 Å². The quantitative estimate of drug-likeness (QED) is 0.652. The molecule has 4 heteroatoms. The Morgan fingerprint density at radius 3 is 1.55 bits per heavy atom. The average Bonchev–Trinajstić information content (AvgIpc) is 1.62. The lowest BCUT2D eigenvalue weighted by Gasteiger charge is -2.08. The highest BCUT2D eigenvalue weighted by Gasteiger charge is 2.20. The molecule has 0 aromatic heterocycles. The molecule has 0 aliphatic rings. The first-order valence-electron chi connectivity index (χ1n) is 2.53. The Hall–Kier alpha value is 0.150. The zero-order valence-corrected chi connectivity index (χ0v) is 5.93. The van der Waals surface area contributed by atoms with Gasteiger partial charge in [-0.2, -0.15) is 0 Å². The molecule has 0 amide bonds. The van der Waals surface area contributed by atoms with E-state index in [1.54, 1.807) is 13.8 Å². The molecule has 11 heavy (non-hydrogen) atoms. The molecule has 0 fully saturated rings. The molecule has 0 rings (SSSR count). The molecule has 1 unspecified atom stereocenters. The van der Waals surface area contributed by atoms with Gasteiger partial charge in [0.15, 0.2) is 0 Å².